The summed E-state index contributed by atoms with van der Waals surface area (Å²) in [5.41, 5.74) is 5.45. The van der Waals surface area contributed by atoms with Crippen LogP contribution < -0.4 is 0 Å². The smallest absolute Gasteiger partial charge is 0.235 e. The molecule has 0 aliphatic rings. The van der Waals surface area contributed by atoms with E-state index in [1.165, 1.54) is 10.8 Å². The minimum atomic E-state index is 0.628. The molecule has 10 aromatic rings. The minimum absolute atomic E-state index is 0.628. The Labute approximate surface area is 238 Å². The molecule has 0 unspecified atom stereocenters. The van der Waals surface area contributed by atoms with Crippen LogP contribution in [0.4, 0.5) is 0 Å². The van der Waals surface area contributed by atoms with Crippen LogP contribution in [0.2, 0.25) is 0 Å². The SMILES string of the molecule is c1ccc2cc3c(cc2c1)c1c2cccnc2c2oc4ccccc4c2c1n3-c1ncc2c(ccc3ccccc32)n1. The zero-order valence-corrected chi connectivity index (χ0v) is 22.2. The molecular weight excluding hydrogens is 516 g/mol. The lowest BCUT2D eigenvalue weighted by Crippen LogP contribution is -2.01. The molecule has 4 aromatic heterocycles. The number of benzene rings is 6. The molecule has 0 radical (unpaired) electrons. The Morgan fingerprint density at radius 2 is 1.33 bits per heavy atom. The summed E-state index contributed by atoms with van der Waals surface area (Å²) in [5.74, 6) is 0.628. The second-order valence-electron chi connectivity index (χ2n) is 10.9. The van der Waals surface area contributed by atoms with Crippen LogP contribution in [0, 0.1) is 0 Å². The largest absolute Gasteiger partial charge is 0.454 e. The third kappa shape index (κ3) is 2.79. The lowest BCUT2D eigenvalue weighted by Gasteiger charge is -2.10. The van der Waals surface area contributed by atoms with Gasteiger partial charge in [0.1, 0.15) is 11.1 Å². The van der Waals surface area contributed by atoms with Gasteiger partial charge in [-0.2, -0.15) is 0 Å². The van der Waals surface area contributed by atoms with Gasteiger partial charge in [0.25, 0.3) is 0 Å². The van der Waals surface area contributed by atoms with Crippen molar-refractivity contribution in [2.45, 2.75) is 0 Å². The highest BCUT2D eigenvalue weighted by atomic mass is 16.3. The first-order valence-electron chi connectivity index (χ1n) is 14.0. The second kappa shape index (κ2) is 7.89. The molecule has 194 valence electrons. The zero-order valence-electron chi connectivity index (χ0n) is 22.2. The van der Waals surface area contributed by atoms with Crippen LogP contribution in [0.5, 0.6) is 0 Å². The summed E-state index contributed by atoms with van der Waals surface area (Å²) in [6.07, 6.45) is 3.80. The van der Waals surface area contributed by atoms with E-state index in [1.54, 1.807) is 0 Å². The van der Waals surface area contributed by atoms with Crippen molar-refractivity contribution < 1.29 is 4.42 Å². The molecule has 0 atom stereocenters. The molecule has 0 N–H and O–H groups in total. The Bertz CT molecular complexity index is 2750. The van der Waals surface area contributed by atoms with Crippen LogP contribution in [0.25, 0.3) is 93.0 Å². The van der Waals surface area contributed by atoms with Gasteiger partial charge >= 0.3 is 0 Å². The number of hydrogen-bond acceptors (Lipinski definition) is 4. The van der Waals surface area contributed by atoms with Crippen LogP contribution in [-0.4, -0.2) is 19.5 Å². The molecule has 0 bridgehead atoms. The van der Waals surface area contributed by atoms with Crippen LogP contribution in [-0.2, 0) is 0 Å². The van der Waals surface area contributed by atoms with Gasteiger partial charge in [-0.1, -0.05) is 78.9 Å². The average Bonchev–Trinajstić information content (AvgIpc) is 3.59. The molecule has 0 aliphatic carbocycles. The van der Waals surface area contributed by atoms with E-state index in [-0.39, 0.29) is 0 Å². The van der Waals surface area contributed by atoms with Gasteiger partial charge in [0.15, 0.2) is 5.58 Å². The maximum Gasteiger partial charge on any atom is 0.235 e. The number of para-hydroxylation sites is 1. The highest BCUT2D eigenvalue weighted by Crippen LogP contribution is 2.45. The topological polar surface area (TPSA) is 56.7 Å². The Morgan fingerprint density at radius 3 is 2.24 bits per heavy atom. The van der Waals surface area contributed by atoms with Crippen molar-refractivity contribution in [2.24, 2.45) is 0 Å². The van der Waals surface area contributed by atoms with Gasteiger partial charge in [0.05, 0.1) is 21.9 Å². The van der Waals surface area contributed by atoms with E-state index in [4.69, 9.17) is 19.4 Å². The Balaban J connectivity index is 1.47. The third-order valence-corrected chi connectivity index (χ3v) is 8.64. The van der Waals surface area contributed by atoms with Crippen molar-refractivity contribution in [3.63, 3.8) is 0 Å². The van der Waals surface area contributed by atoms with E-state index in [1.807, 2.05) is 30.6 Å². The Kier molecular flexibility index (Phi) is 4.12. The maximum atomic E-state index is 6.54. The highest BCUT2D eigenvalue weighted by molar-refractivity contribution is 6.35. The van der Waals surface area contributed by atoms with Crippen molar-refractivity contribution in [1.82, 2.24) is 19.5 Å². The highest BCUT2D eigenvalue weighted by Gasteiger charge is 2.24. The Morgan fingerprint density at radius 1 is 0.571 bits per heavy atom. The van der Waals surface area contributed by atoms with Crippen molar-refractivity contribution in [3.05, 3.63) is 122 Å². The molecule has 0 spiro atoms. The van der Waals surface area contributed by atoms with Gasteiger partial charge in [-0.3, -0.25) is 9.55 Å². The molecule has 0 saturated heterocycles. The molecule has 0 saturated carbocycles. The van der Waals surface area contributed by atoms with Gasteiger partial charge in [-0.15, -0.1) is 0 Å². The van der Waals surface area contributed by atoms with Gasteiger partial charge < -0.3 is 4.42 Å². The van der Waals surface area contributed by atoms with E-state index in [0.717, 1.165) is 76.3 Å². The molecule has 5 heteroatoms. The molecule has 42 heavy (non-hydrogen) atoms. The molecule has 0 aliphatic heterocycles. The number of hydrogen-bond donors (Lipinski definition) is 0. The van der Waals surface area contributed by atoms with E-state index in [2.05, 4.69) is 95.6 Å². The van der Waals surface area contributed by atoms with Crippen LogP contribution in [0.3, 0.4) is 0 Å². The molecular formula is C37H20N4O. The van der Waals surface area contributed by atoms with E-state index in [9.17, 15) is 0 Å². The van der Waals surface area contributed by atoms with Gasteiger partial charge in [0, 0.05) is 39.3 Å². The molecule has 6 aromatic carbocycles. The lowest BCUT2D eigenvalue weighted by atomic mass is 10.0. The first-order valence-corrected chi connectivity index (χ1v) is 14.0. The lowest BCUT2D eigenvalue weighted by molar-refractivity contribution is 0.672. The fraction of sp³-hybridized carbons (Fsp3) is 0. The average molecular weight is 537 g/mol. The van der Waals surface area contributed by atoms with Gasteiger partial charge in [-0.25, -0.2) is 9.97 Å². The summed E-state index contributed by atoms with van der Waals surface area (Å²) in [7, 11) is 0. The zero-order chi connectivity index (χ0) is 27.4. The van der Waals surface area contributed by atoms with Crippen molar-refractivity contribution >= 4 is 87.1 Å². The molecule has 5 nitrogen and oxygen atoms in total. The Hall–Kier alpha value is -5.81. The first-order chi connectivity index (χ1) is 20.8. The summed E-state index contributed by atoms with van der Waals surface area (Å²) < 4.78 is 8.76. The number of furan rings is 1. The van der Waals surface area contributed by atoms with Crippen molar-refractivity contribution in [2.75, 3.05) is 0 Å². The predicted octanol–water partition coefficient (Wildman–Crippen LogP) is 9.48. The van der Waals surface area contributed by atoms with Crippen molar-refractivity contribution in [3.8, 4) is 5.95 Å². The summed E-state index contributed by atoms with van der Waals surface area (Å²) in [6, 6.07) is 38.0. The second-order valence-corrected chi connectivity index (χ2v) is 10.9. The van der Waals surface area contributed by atoms with E-state index in [0.29, 0.717) is 5.95 Å². The monoisotopic (exact) mass is 536 g/mol. The molecule has 0 amide bonds. The summed E-state index contributed by atoms with van der Waals surface area (Å²) >= 11 is 0. The summed E-state index contributed by atoms with van der Waals surface area (Å²) in [6.45, 7) is 0. The quantitative estimate of drug-likeness (QED) is 0.196. The third-order valence-electron chi connectivity index (χ3n) is 8.64. The van der Waals surface area contributed by atoms with E-state index >= 15 is 0 Å². The number of nitrogens with zero attached hydrogens (tertiary/aromatic N) is 4. The standard InChI is InChI=1S/C37H20N4O/c1-2-10-23-19-30-27(18-22(23)9-1)32-26-13-7-17-38-34(26)36-33(25-12-5-6-14-31(25)42-36)35(32)41(30)37-39-20-28-24-11-4-3-8-21(24)15-16-29(28)40-37/h1-20H. The fourth-order valence-electron chi connectivity index (χ4n) is 6.81. The maximum absolute atomic E-state index is 6.54. The first kappa shape index (κ1) is 21.9. The number of aromatic nitrogens is 4. The van der Waals surface area contributed by atoms with Crippen LogP contribution >= 0.6 is 0 Å². The van der Waals surface area contributed by atoms with Crippen molar-refractivity contribution in [1.29, 1.82) is 0 Å². The minimum Gasteiger partial charge on any atom is -0.454 e. The van der Waals surface area contributed by atoms with E-state index < -0.39 is 0 Å². The van der Waals surface area contributed by atoms with Gasteiger partial charge in [0.2, 0.25) is 5.95 Å². The molecule has 4 heterocycles. The fourth-order valence-corrected chi connectivity index (χ4v) is 6.81. The summed E-state index contributed by atoms with van der Waals surface area (Å²) in [5, 5.41) is 11.1. The number of fused-ring (bicyclic) bond motifs is 14. The van der Waals surface area contributed by atoms with Gasteiger partial charge in [-0.05, 0) is 51.9 Å². The normalized spacial score (nSPS) is 12.3. The van der Waals surface area contributed by atoms with Crippen LogP contribution in [0.15, 0.2) is 126 Å². The van der Waals surface area contributed by atoms with Crippen LogP contribution in [0.1, 0.15) is 0 Å². The number of rotatable bonds is 1. The molecule has 0 fully saturated rings. The summed E-state index contributed by atoms with van der Waals surface area (Å²) in [4.78, 5) is 15.1. The number of pyridine rings is 1. The predicted molar refractivity (Wildman–Crippen MR) is 171 cm³/mol. The molecule has 10 rings (SSSR count).